The summed E-state index contributed by atoms with van der Waals surface area (Å²) in [5.41, 5.74) is 0.933. The van der Waals surface area contributed by atoms with E-state index >= 15 is 0 Å². The van der Waals surface area contributed by atoms with Gasteiger partial charge in [-0.1, -0.05) is 29.8 Å². The lowest BCUT2D eigenvalue weighted by atomic mass is 9.86. The number of carbonyl (C=O) groups is 2. The lowest BCUT2D eigenvalue weighted by Crippen LogP contribution is -2.62. The quantitative estimate of drug-likeness (QED) is 0.894. The Bertz CT molecular complexity index is 651. The van der Waals surface area contributed by atoms with Gasteiger partial charge in [-0.05, 0) is 37.9 Å². The minimum absolute atomic E-state index is 0.0859. The molecule has 2 aliphatic heterocycles. The van der Waals surface area contributed by atoms with Gasteiger partial charge in [0.15, 0.2) is 0 Å². The minimum Gasteiger partial charge on any atom is -0.356 e. The molecule has 25 heavy (non-hydrogen) atoms. The van der Waals surface area contributed by atoms with E-state index in [-0.39, 0.29) is 17.4 Å². The first-order chi connectivity index (χ1) is 12.0. The number of benzene rings is 1. The molecule has 1 atom stereocenters. The van der Waals surface area contributed by atoms with Gasteiger partial charge >= 0.3 is 0 Å². The van der Waals surface area contributed by atoms with Crippen molar-refractivity contribution in [1.29, 1.82) is 0 Å². The molecule has 2 aliphatic rings. The zero-order valence-corrected chi connectivity index (χ0v) is 15.5. The second kappa shape index (κ2) is 7.75. The number of nitrogens with one attached hydrogen (secondary N) is 1. The Balaban J connectivity index is 1.63. The van der Waals surface area contributed by atoms with Gasteiger partial charge in [0.25, 0.3) is 0 Å². The molecule has 0 bridgehead atoms. The lowest BCUT2D eigenvalue weighted by Gasteiger charge is -2.49. The van der Waals surface area contributed by atoms with Gasteiger partial charge < -0.3 is 10.2 Å². The maximum Gasteiger partial charge on any atom is 0.223 e. The number of piperazine rings is 1. The Morgan fingerprint density at radius 2 is 2.08 bits per heavy atom. The molecule has 0 aliphatic carbocycles. The van der Waals surface area contributed by atoms with Crippen LogP contribution in [0.15, 0.2) is 24.3 Å². The summed E-state index contributed by atoms with van der Waals surface area (Å²) in [7, 11) is 2.11. The normalized spacial score (nSPS) is 24.9. The standard InChI is InChI=1S/C19H26ClN3O2/c1-22-12-13-23(14-19(22)9-8-17(24)21-11-10-19)18(25)7-6-15-4-2-3-5-16(15)20/h2-5H,6-14H2,1H3,(H,21,24)/t19-/m0/s1. The molecule has 1 N–H and O–H groups in total. The van der Waals surface area contributed by atoms with Crippen LogP contribution in [0.5, 0.6) is 0 Å². The first-order valence-electron chi connectivity index (χ1n) is 8.99. The number of likely N-dealkylation sites (N-methyl/N-ethyl adjacent to an activating group) is 1. The molecule has 0 unspecified atom stereocenters. The SMILES string of the molecule is CN1CCN(C(=O)CCc2ccccc2Cl)C[C@]12CCNC(=O)CC2. The van der Waals surface area contributed by atoms with Gasteiger partial charge in [-0.2, -0.15) is 0 Å². The summed E-state index contributed by atoms with van der Waals surface area (Å²) in [6.07, 6.45) is 3.37. The molecule has 2 heterocycles. The Morgan fingerprint density at radius 1 is 1.28 bits per heavy atom. The molecule has 1 spiro atoms. The molecule has 0 aromatic heterocycles. The fraction of sp³-hybridized carbons (Fsp3) is 0.579. The summed E-state index contributed by atoms with van der Waals surface area (Å²) in [6, 6.07) is 7.69. The van der Waals surface area contributed by atoms with Crippen molar-refractivity contribution in [3.63, 3.8) is 0 Å². The van der Waals surface area contributed by atoms with Gasteiger partial charge in [-0.15, -0.1) is 0 Å². The van der Waals surface area contributed by atoms with Gasteiger partial charge in [0, 0.05) is 49.6 Å². The van der Waals surface area contributed by atoms with Crippen LogP contribution in [-0.2, 0) is 16.0 Å². The summed E-state index contributed by atoms with van der Waals surface area (Å²) >= 11 is 6.19. The number of hydrogen-bond donors (Lipinski definition) is 1. The molecular weight excluding hydrogens is 338 g/mol. The monoisotopic (exact) mass is 363 g/mol. The molecule has 1 aromatic carbocycles. The van der Waals surface area contributed by atoms with E-state index in [0.717, 1.165) is 36.5 Å². The molecule has 0 saturated carbocycles. The highest BCUT2D eigenvalue weighted by molar-refractivity contribution is 6.31. The van der Waals surface area contributed by atoms with Crippen molar-refractivity contribution in [2.45, 2.75) is 37.6 Å². The summed E-state index contributed by atoms with van der Waals surface area (Å²) in [4.78, 5) is 28.8. The van der Waals surface area contributed by atoms with E-state index in [4.69, 9.17) is 11.6 Å². The van der Waals surface area contributed by atoms with Crippen molar-refractivity contribution in [2.24, 2.45) is 0 Å². The summed E-state index contributed by atoms with van der Waals surface area (Å²) in [5.74, 6) is 0.295. The van der Waals surface area contributed by atoms with Gasteiger partial charge in [0.2, 0.25) is 11.8 Å². The summed E-state index contributed by atoms with van der Waals surface area (Å²) in [6.45, 7) is 3.00. The highest BCUT2D eigenvalue weighted by Crippen LogP contribution is 2.30. The highest BCUT2D eigenvalue weighted by Gasteiger charge is 2.41. The van der Waals surface area contributed by atoms with E-state index in [1.165, 1.54) is 0 Å². The molecule has 2 fully saturated rings. The van der Waals surface area contributed by atoms with Crippen molar-refractivity contribution in [3.05, 3.63) is 34.9 Å². The van der Waals surface area contributed by atoms with Crippen molar-refractivity contribution >= 4 is 23.4 Å². The maximum atomic E-state index is 12.7. The third-order valence-corrected chi connectivity index (χ3v) is 6.02. The van der Waals surface area contributed by atoms with E-state index in [9.17, 15) is 9.59 Å². The minimum atomic E-state index is -0.0859. The van der Waals surface area contributed by atoms with E-state index in [2.05, 4.69) is 17.3 Å². The van der Waals surface area contributed by atoms with Crippen molar-refractivity contribution < 1.29 is 9.59 Å². The number of hydrogen-bond acceptors (Lipinski definition) is 3. The van der Waals surface area contributed by atoms with Crippen LogP contribution in [0.25, 0.3) is 0 Å². The van der Waals surface area contributed by atoms with Crippen LogP contribution in [-0.4, -0.2) is 60.4 Å². The van der Waals surface area contributed by atoms with Gasteiger partial charge in [-0.25, -0.2) is 0 Å². The molecule has 2 amide bonds. The molecular formula is C19H26ClN3O2. The molecule has 5 nitrogen and oxygen atoms in total. The van der Waals surface area contributed by atoms with Crippen molar-refractivity contribution in [2.75, 3.05) is 33.2 Å². The fourth-order valence-electron chi connectivity index (χ4n) is 3.91. The third kappa shape index (κ3) is 4.15. The summed E-state index contributed by atoms with van der Waals surface area (Å²) < 4.78 is 0. The van der Waals surface area contributed by atoms with Crippen LogP contribution < -0.4 is 5.32 Å². The molecule has 3 rings (SSSR count). The average molecular weight is 364 g/mol. The van der Waals surface area contributed by atoms with Gasteiger partial charge in [-0.3, -0.25) is 14.5 Å². The molecule has 1 aromatic rings. The average Bonchev–Trinajstić information content (AvgIpc) is 2.79. The van der Waals surface area contributed by atoms with E-state index in [1.54, 1.807) is 0 Å². The van der Waals surface area contributed by atoms with E-state index in [0.29, 0.717) is 32.4 Å². The lowest BCUT2D eigenvalue weighted by molar-refractivity contribution is -0.136. The largest absolute Gasteiger partial charge is 0.356 e. The van der Waals surface area contributed by atoms with Crippen LogP contribution in [0.2, 0.25) is 5.02 Å². The second-order valence-electron chi connectivity index (χ2n) is 7.15. The number of rotatable bonds is 3. The van der Waals surface area contributed by atoms with E-state index in [1.807, 2.05) is 29.2 Å². The topological polar surface area (TPSA) is 52.6 Å². The number of carbonyl (C=O) groups excluding carboxylic acids is 2. The number of nitrogens with zero attached hydrogens (tertiary/aromatic N) is 2. The molecule has 0 radical (unpaired) electrons. The molecule has 136 valence electrons. The maximum absolute atomic E-state index is 12.7. The molecule has 2 saturated heterocycles. The Labute approximate surface area is 154 Å². The van der Waals surface area contributed by atoms with Crippen molar-refractivity contribution in [1.82, 2.24) is 15.1 Å². The van der Waals surface area contributed by atoms with Crippen LogP contribution in [0.3, 0.4) is 0 Å². The smallest absolute Gasteiger partial charge is 0.223 e. The predicted molar refractivity (Wildman–Crippen MR) is 98.6 cm³/mol. The Kier molecular flexibility index (Phi) is 5.64. The van der Waals surface area contributed by atoms with Crippen LogP contribution in [0, 0.1) is 0 Å². The molecule has 6 heteroatoms. The zero-order valence-electron chi connectivity index (χ0n) is 14.8. The zero-order chi connectivity index (χ0) is 17.9. The Hall–Kier alpha value is -1.59. The van der Waals surface area contributed by atoms with E-state index < -0.39 is 0 Å². The van der Waals surface area contributed by atoms with Crippen LogP contribution >= 0.6 is 11.6 Å². The van der Waals surface area contributed by atoms with Crippen molar-refractivity contribution in [3.8, 4) is 0 Å². The number of aryl methyl sites for hydroxylation is 1. The highest BCUT2D eigenvalue weighted by atomic mass is 35.5. The summed E-state index contributed by atoms with van der Waals surface area (Å²) in [5, 5.41) is 3.67. The predicted octanol–water partition coefficient (Wildman–Crippen LogP) is 2.09. The first-order valence-corrected chi connectivity index (χ1v) is 9.37. The van der Waals surface area contributed by atoms with Crippen LogP contribution in [0.4, 0.5) is 0 Å². The van der Waals surface area contributed by atoms with Gasteiger partial charge in [0.05, 0.1) is 0 Å². The van der Waals surface area contributed by atoms with Crippen LogP contribution in [0.1, 0.15) is 31.2 Å². The second-order valence-corrected chi connectivity index (χ2v) is 7.56. The number of halogens is 1. The van der Waals surface area contributed by atoms with Gasteiger partial charge in [0.1, 0.15) is 0 Å². The number of amides is 2. The Morgan fingerprint density at radius 3 is 2.88 bits per heavy atom. The fourth-order valence-corrected chi connectivity index (χ4v) is 4.14. The third-order valence-electron chi connectivity index (χ3n) is 5.65. The first kappa shape index (κ1) is 18.2.